The summed E-state index contributed by atoms with van der Waals surface area (Å²) in [5.41, 5.74) is 1.14. The van der Waals surface area contributed by atoms with Crippen LogP contribution in [0.1, 0.15) is 12.5 Å². The van der Waals surface area contributed by atoms with Gasteiger partial charge in [0.1, 0.15) is 0 Å². The molecule has 1 aliphatic rings. The van der Waals surface area contributed by atoms with Gasteiger partial charge in [-0.15, -0.1) is 34.0 Å². The number of allylic oxidation sites excluding steroid dienone is 1. The van der Waals surface area contributed by atoms with Gasteiger partial charge < -0.3 is 9.47 Å². The number of halogens is 2. The Morgan fingerprint density at radius 1 is 1.14 bits per heavy atom. The van der Waals surface area contributed by atoms with E-state index in [9.17, 15) is 0 Å². The molecule has 1 aromatic rings. The molecule has 1 heterocycles. The summed E-state index contributed by atoms with van der Waals surface area (Å²) in [6, 6.07) is 5.91. The Kier molecular flexibility index (Phi) is 5.88. The molecule has 0 N–H and O–H groups in total. The average Bonchev–Trinajstić information content (AvgIpc) is 2.51. The van der Waals surface area contributed by atoms with Crippen LogP contribution in [0.3, 0.4) is 0 Å². The van der Waals surface area contributed by atoms with E-state index in [0.717, 1.165) is 17.1 Å². The first kappa shape index (κ1) is 13.5. The van der Waals surface area contributed by atoms with Gasteiger partial charge in [-0.3, -0.25) is 0 Å². The van der Waals surface area contributed by atoms with Gasteiger partial charge in [0.15, 0.2) is 11.5 Å². The molecule has 0 bridgehead atoms. The Morgan fingerprint density at radius 2 is 1.86 bits per heavy atom. The van der Waals surface area contributed by atoms with Crippen LogP contribution in [-0.2, 0) is 0 Å². The fourth-order valence-corrected chi connectivity index (χ4v) is 1.21. The van der Waals surface area contributed by atoms with Crippen molar-refractivity contribution in [3.63, 3.8) is 0 Å². The molecule has 78 valence electrons. The normalized spacial score (nSPS) is 12.1. The van der Waals surface area contributed by atoms with E-state index in [1.54, 1.807) is 0 Å². The minimum absolute atomic E-state index is 0. The minimum Gasteiger partial charge on any atom is -0.454 e. The van der Waals surface area contributed by atoms with Crippen molar-refractivity contribution in [3.05, 3.63) is 29.8 Å². The van der Waals surface area contributed by atoms with Gasteiger partial charge in [0.2, 0.25) is 6.79 Å². The molecule has 1 aromatic carbocycles. The van der Waals surface area contributed by atoms with Gasteiger partial charge in [-0.25, -0.2) is 0 Å². The van der Waals surface area contributed by atoms with Gasteiger partial charge in [-0.05, 0) is 24.6 Å². The lowest BCUT2D eigenvalue weighted by Gasteiger charge is -1.96. The number of hydrogen-bond donors (Lipinski definition) is 0. The topological polar surface area (TPSA) is 18.5 Å². The van der Waals surface area contributed by atoms with Crippen molar-refractivity contribution in [2.24, 2.45) is 0 Å². The van der Waals surface area contributed by atoms with Crippen LogP contribution in [0.4, 0.5) is 0 Å². The average molecular weight is 324 g/mol. The number of benzene rings is 1. The van der Waals surface area contributed by atoms with Crippen LogP contribution in [0, 0.1) is 0 Å². The third-order valence-electron chi connectivity index (χ3n) is 1.76. The molecule has 1 aliphatic heterocycles. The van der Waals surface area contributed by atoms with E-state index in [4.69, 9.17) is 9.47 Å². The summed E-state index contributed by atoms with van der Waals surface area (Å²) in [4.78, 5) is 0. The fraction of sp³-hybridized carbons (Fsp3) is 0.200. The molecule has 2 nitrogen and oxygen atoms in total. The summed E-state index contributed by atoms with van der Waals surface area (Å²) in [5.74, 6) is 1.67. The predicted octanol–water partition coefficient (Wildman–Crippen LogP) is 3.60. The molecule has 0 fully saturated rings. The van der Waals surface area contributed by atoms with Gasteiger partial charge in [0.05, 0.1) is 0 Å². The first-order valence-electron chi connectivity index (χ1n) is 3.92. The molecule has 0 saturated carbocycles. The summed E-state index contributed by atoms with van der Waals surface area (Å²) < 4.78 is 10.4. The van der Waals surface area contributed by atoms with E-state index < -0.39 is 0 Å². The summed E-state index contributed by atoms with van der Waals surface area (Å²) in [5, 5.41) is 0. The summed E-state index contributed by atoms with van der Waals surface area (Å²) in [7, 11) is 0. The molecule has 2 rings (SSSR count). The van der Waals surface area contributed by atoms with Gasteiger partial charge in [-0.2, -0.15) is 0 Å². The Labute approximate surface area is 104 Å². The van der Waals surface area contributed by atoms with E-state index in [1.165, 1.54) is 0 Å². The lowest BCUT2D eigenvalue weighted by molar-refractivity contribution is 0.174. The Bertz CT molecular complexity index is 324. The van der Waals surface area contributed by atoms with Crippen molar-refractivity contribution in [1.29, 1.82) is 0 Å². The zero-order valence-electron chi connectivity index (χ0n) is 7.73. The second kappa shape index (κ2) is 6.09. The highest BCUT2D eigenvalue weighted by molar-refractivity contribution is 8.93. The van der Waals surface area contributed by atoms with E-state index in [0.29, 0.717) is 6.79 Å². The number of fused-ring (bicyclic) bond motifs is 1. The molecule has 0 radical (unpaired) electrons. The molecule has 0 atom stereocenters. The monoisotopic (exact) mass is 322 g/mol. The van der Waals surface area contributed by atoms with E-state index in [-0.39, 0.29) is 34.0 Å². The highest BCUT2D eigenvalue weighted by Gasteiger charge is 2.11. The van der Waals surface area contributed by atoms with Crippen LogP contribution in [-0.4, -0.2) is 6.79 Å². The van der Waals surface area contributed by atoms with Crippen LogP contribution < -0.4 is 9.47 Å². The van der Waals surface area contributed by atoms with Crippen LogP contribution in [0.5, 0.6) is 11.5 Å². The first-order chi connectivity index (χ1) is 5.90. The molecule has 0 unspecified atom stereocenters. The van der Waals surface area contributed by atoms with Gasteiger partial charge in [-0.1, -0.05) is 18.2 Å². The van der Waals surface area contributed by atoms with E-state index in [2.05, 4.69) is 0 Å². The Balaban J connectivity index is 0.000000845. The number of hydrogen-bond acceptors (Lipinski definition) is 2. The van der Waals surface area contributed by atoms with Crippen LogP contribution in [0.25, 0.3) is 6.08 Å². The van der Waals surface area contributed by atoms with Crippen LogP contribution in [0.15, 0.2) is 24.3 Å². The largest absolute Gasteiger partial charge is 0.454 e. The van der Waals surface area contributed by atoms with E-state index in [1.807, 2.05) is 37.3 Å². The summed E-state index contributed by atoms with van der Waals surface area (Å²) in [6.07, 6.45) is 4.03. The fourth-order valence-electron chi connectivity index (χ4n) is 1.21. The SMILES string of the molecule is Br.Br.CC=Cc1ccc2c(c1)OCO2. The second-order valence-electron chi connectivity index (χ2n) is 2.61. The maximum Gasteiger partial charge on any atom is 0.231 e. The maximum absolute atomic E-state index is 5.23. The molecule has 0 spiro atoms. The maximum atomic E-state index is 5.23. The van der Waals surface area contributed by atoms with Gasteiger partial charge >= 0.3 is 0 Å². The molecule has 0 aliphatic carbocycles. The van der Waals surface area contributed by atoms with Crippen LogP contribution in [0.2, 0.25) is 0 Å². The number of rotatable bonds is 1. The van der Waals surface area contributed by atoms with E-state index >= 15 is 0 Å². The van der Waals surface area contributed by atoms with Crippen molar-refractivity contribution in [1.82, 2.24) is 0 Å². The Hall–Kier alpha value is -0.480. The minimum atomic E-state index is 0. The predicted molar refractivity (Wildman–Crippen MR) is 67.9 cm³/mol. The molecule has 0 saturated heterocycles. The van der Waals surface area contributed by atoms with Crippen molar-refractivity contribution >= 4 is 40.0 Å². The quantitative estimate of drug-likeness (QED) is 0.786. The molecular weight excluding hydrogens is 312 g/mol. The molecule has 4 heteroatoms. The third-order valence-corrected chi connectivity index (χ3v) is 1.76. The van der Waals surface area contributed by atoms with Gasteiger partial charge in [0.25, 0.3) is 0 Å². The molecule has 0 aromatic heterocycles. The number of ether oxygens (including phenoxy) is 2. The van der Waals surface area contributed by atoms with Crippen molar-refractivity contribution in [2.75, 3.05) is 6.79 Å². The standard InChI is InChI=1S/C10H10O2.2BrH/c1-2-3-8-4-5-9-10(6-8)12-7-11-9;;/h2-6H,7H2,1H3;2*1H. The second-order valence-corrected chi connectivity index (χ2v) is 2.61. The molecule has 14 heavy (non-hydrogen) atoms. The van der Waals surface area contributed by atoms with Crippen molar-refractivity contribution in [3.8, 4) is 11.5 Å². The summed E-state index contributed by atoms with van der Waals surface area (Å²) in [6.45, 7) is 2.33. The smallest absolute Gasteiger partial charge is 0.231 e. The Morgan fingerprint density at radius 3 is 2.57 bits per heavy atom. The molecule has 0 amide bonds. The highest BCUT2D eigenvalue weighted by Crippen LogP contribution is 2.32. The zero-order chi connectivity index (χ0) is 8.39. The summed E-state index contributed by atoms with van der Waals surface area (Å²) >= 11 is 0. The van der Waals surface area contributed by atoms with Gasteiger partial charge in [0, 0.05) is 0 Å². The first-order valence-corrected chi connectivity index (χ1v) is 3.92. The van der Waals surface area contributed by atoms with Crippen LogP contribution >= 0.6 is 34.0 Å². The third kappa shape index (κ3) is 2.75. The van der Waals surface area contributed by atoms with Crippen molar-refractivity contribution in [2.45, 2.75) is 6.92 Å². The lowest BCUT2D eigenvalue weighted by Crippen LogP contribution is -1.92. The highest BCUT2D eigenvalue weighted by atomic mass is 79.9. The zero-order valence-corrected chi connectivity index (χ0v) is 11.2. The van der Waals surface area contributed by atoms with Crippen molar-refractivity contribution < 1.29 is 9.47 Å². The molecular formula is C10H12Br2O2. The lowest BCUT2D eigenvalue weighted by atomic mass is 10.2.